The number of hydrogen-bond acceptors (Lipinski definition) is 16. The SMILES string of the molecule is CC[C@H](C)[C@H](NC(=O)[C@H](CCCCN)NC(=O)[C@H](CCC(=O)O)NC(=O)[C@H](CO)NC(=O)[C@H](CC(C)C)NC(=O)[C@@H](N)CCCCN)C(=O)N[C@@H](Cc1ccccc1)C(=O)N[C@@H](Cc1ccc(O)cc1)C(=O)N[C@H](C(=O)N[C@H](C(=O)O)C(C)C)C(C)C. The molecule has 2 aromatic carbocycles. The summed E-state index contributed by atoms with van der Waals surface area (Å²) in [6.07, 6.45) is 0.936. The minimum absolute atomic E-state index is 0.0705. The van der Waals surface area contributed by atoms with Gasteiger partial charge in [0, 0.05) is 19.3 Å². The topological polar surface area (TPSA) is 455 Å². The number of aliphatic carboxylic acids is 2. The number of phenolic OH excluding ortho intramolecular Hbond substituents is 1. The number of benzene rings is 2. The Morgan fingerprint density at radius 2 is 0.874 bits per heavy atom. The van der Waals surface area contributed by atoms with E-state index in [2.05, 4.69) is 47.9 Å². The number of aliphatic hydroxyl groups is 1. The number of hydrogen-bond donors (Lipinski definition) is 16. The average Bonchev–Trinajstić information content (AvgIpc) is 3.55. The van der Waals surface area contributed by atoms with Gasteiger partial charge in [-0.2, -0.15) is 0 Å². The van der Waals surface area contributed by atoms with E-state index in [1.807, 2.05) is 0 Å². The van der Waals surface area contributed by atoms with E-state index >= 15 is 0 Å². The quantitative estimate of drug-likeness (QED) is 0.0372. The summed E-state index contributed by atoms with van der Waals surface area (Å²) in [4.78, 5) is 150. The van der Waals surface area contributed by atoms with E-state index < -0.39 is 163 Å². The Hall–Kier alpha value is -7.75. The minimum Gasteiger partial charge on any atom is -0.508 e. The van der Waals surface area contributed by atoms with Crippen LogP contribution in [0.1, 0.15) is 131 Å². The van der Waals surface area contributed by atoms with Crippen LogP contribution in [0.15, 0.2) is 54.6 Å². The lowest BCUT2D eigenvalue weighted by molar-refractivity contribution is -0.144. The molecule has 486 valence electrons. The molecule has 0 aliphatic carbocycles. The molecule has 0 aromatic heterocycles. The molecule has 0 unspecified atom stereocenters. The molecule has 0 saturated carbocycles. The number of aliphatic hydroxyl groups excluding tert-OH is 1. The third kappa shape index (κ3) is 27.2. The number of nitrogens with one attached hydrogen (secondary N) is 9. The maximum atomic E-state index is 14.7. The van der Waals surface area contributed by atoms with E-state index in [9.17, 15) is 73.2 Å². The lowest BCUT2D eigenvalue weighted by atomic mass is 9.96. The fourth-order valence-corrected chi connectivity index (χ4v) is 9.10. The van der Waals surface area contributed by atoms with Crippen molar-refractivity contribution in [3.05, 3.63) is 65.7 Å². The summed E-state index contributed by atoms with van der Waals surface area (Å²) >= 11 is 0. The Labute approximate surface area is 509 Å². The van der Waals surface area contributed by atoms with E-state index in [4.69, 9.17) is 17.2 Å². The molecule has 0 bridgehead atoms. The number of carboxylic acids is 2. The van der Waals surface area contributed by atoms with Crippen molar-refractivity contribution in [1.29, 1.82) is 0 Å². The van der Waals surface area contributed by atoms with Crippen LogP contribution in [-0.2, 0) is 65.6 Å². The first-order valence-corrected chi connectivity index (χ1v) is 29.8. The van der Waals surface area contributed by atoms with Crippen molar-refractivity contribution in [3.63, 3.8) is 0 Å². The minimum atomic E-state index is -1.71. The van der Waals surface area contributed by atoms with Gasteiger partial charge in [0.15, 0.2) is 0 Å². The summed E-state index contributed by atoms with van der Waals surface area (Å²) in [5.74, 6) is -12.4. The highest BCUT2D eigenvalue weighted by atomic mass is 16.4. The standard InChI is InChI=1S/C60H96N12O15/c1-9-36(8)50(59(85)68-44(30-37-17-11-10-12-18-37)55(81)67-45(31-38-21-23-39(74)24-22-38)56(82)70-48(34(4)5)58(84)71-49(35(6)7)60(86)87)72-53(79)41(20-14-16-28-62)64-52(78)42(25-26-47(75)76)65-57(83)46(32-73)69-54(80)43(29-33(2)3)66-51(77)40(63)19-13-15-27-61/h10-12,17-18,21-24,33-36,40-46,48-50,73-74H,9,13-16,19-20,25-32,61-63H2,1-8H3,(H,64,78)(H,65,83)(H,66,77)(H,67,81)(H,68,85)(H,69,80)(H,70,82)(H,71,84)(H,72,79)(H,75,76)(H,86,87)/t36-,40-,41-,42-,43-,44-,45-,46-,48-,49-,50-/m0/s1. The summed E-state index contributed by atoms with van der Waals surface area (Å²) < 4.78 is 0. The van der Waals surface area contributed by atoms with Crippen molar-refractivity contribution in [2.75, 3.05) is 19.7 Å². The fraction of sp³-hybridized carbons (Fsp3) is 0.617. The van der Waals surface area contributed by atoms with Crippen molar-refractivity contribution in [1.82, 2.24) is 47.9 Å². The van der Waals surface area contributed by atoms with Gasteiger partial charge in [-0.1, -0.05) is 111 Å². The number of nitrogens with two attached hydrogens (primary N) is 3. The van der Waals surface area contributed by atoms with Gasteiger partial charge in [0.05, 0.1) is 12.6 Å². The van der Waals surface area contributed by atoms with Gasteiger partial charge in [0.25, 0.3) is 0 Å². The van der Waals surface area contributed by atoms with E-state index in [-0.39, 0.29) is 50.3 Å². The van der Waals surface area contributed by atoms with E-state index in [1.54, 1.807) is 85.7 Å². The molecular formula is C60H96N12O15. The maximum Gasteiger partial charge on any atom is 0.326 e. The molecule has 19 N–H and O–H groups in total. The van der Waals surface area contributed by atoms with Gasteiger partial charge < -0.3 is 85.5 Å². The molecule has 11 atom stereocenters. The zero-order chi connectivity index (χ0) is 65.5. The second kappa shape index (κ2) is 39.1. The molecule has 0 radical (unpaired) electrons. The third-order valence-electron chi connectivity index (χ3n) is 14.5. The summed E-state index contributed by atoms with van der Waals surface area (Å²) in [6.45, 7) is 13.1. The largest absolute Gasteiger partial charge is 0.508 e. The van der Waals surface area contributed by atoms with Gasteiger partial charge in [-0.15, -0.1) is 0 Å². The van der Waals surface area contributed by atoms with Gasteiger partial charge >= 0.3 is 11.9 Å². The number of carboxylic acid groups (broad SMARTS) is 2. The first-order chi connectivity index (χ1) is 41.1. The Morgan fingerprint density at radius 1 is 0.460 bits per heavy atom. The zero-order valence-corrected chi connectivity index (χ0v) is 51.4. The molecule has 0 fully saturated rings. The normalized spacial score (nSPS) is 15.1. The highest BCUT2D eigenvalue weighted by Crippen LogP contribution is 2.16. The molecule has 0 aliphatic heterocycles. The monoisotopic (exact) mass is 1220 g/mol. The van der Waals surface area contributed by atoms with Crippen LogP contribution in [0.2, 0.25) is 0 Å². The first-order valence-electron chi connectivity index (χ1n) is 29.8. The van der Waals surface area contributed by atoms with Crippen LogP contribution in [0, 0.1) is 23.7 Å². The number of amides is 9. The van der Waals surface area contributed by atoms with Crippen molar-refractivity contribution in [3.8, 4) is 5.75 Å². The lowest BCUT2D eigenvalue weighted by Gasteiger charge is -2.30. The maximum absolute atomic E-state index is 14.7. The Balaban J connectivity index is 2.54. The van der Waals surface area contributed by atoms with Crippen LogP contribution < -0.4 is 65.1 Å². The Morgan fingerprint density at radius 3 is 1.38 bits per heavy atom. The molecule has 87 heavy (non-hydrogen) atoms. The van der Waals surface area contributed by atoms with Crippen LogP contribution >= 0.6 is 0 Å². The van der Waals surface area contributed by atoms with Crippen LogP contribution in [0.3, 0.4) is 0 Å². The van der Waals surface area contributed by atoms with Crippen LogP contribution in [0.4, 0.5) is 0 Å². The predicted molar refractivity (Wildman–Crippen MR) is 323 cm³/mol. The molecule has 0 saturated heterocycles. The molecular weight excluding hydrogens is 1130 g/mol. The molecule has 27 heteroatoms. The highest BCUT2D eigenvalue weighted by molar-refractivity contribution is 5.99. The second-order valence-corrected chi connectivity index (χ2v) is 23.0. The van der Waals surface area contributed by atoms with E-state index in [1.165, 1.54) is 24.3 Å². The smallest absolute Gasteiger partial charge is 0.326 e. The van der Waals surface area contributed by atoms with Crippen molar-refractivity contribution in [2.24, 2.45) is 40.9 Å². The van der Waals surface area contributed by atoms with Gasteiger partial charge in [-0.05, 0) is 105 Å². The van der Waals surface area contributed by atoms with Gasteiger partial charge in [0.1, 0.15) is 60.1 Å². The zero-order valence-electron chi connectivity index (χ0n) is 51.4. The molecule has 0 heterocycles. The average molecular weight is 1230 g/mol. The molecule has 0 spiro atoms. The lowest BCUT2D eigenvalue weighted by Crippen LogP contribution is -2.62. The highest BCUT2D eigenvalue weighted by Gasteiger charge is 2.38. The third-order valence-corrected chi connectivity index (χ3v) is 14.5. The van der Waals surface area contributed by atoms with Crippen LogP contribution in [-0.4, -0.2) is 166 Å². The summed E-state index contributed by atoms with van der Waals surface area (Å²) in [5.41, 5.74) is 18.5. The van der Waals surface area contributed by atoms with Gasteiger partial charge in [-0.25, -0.2) is 4.79 Å². The van der Waals surface area contributed by atoms with E-state index in [0.29, 0.717) is 49.8 Å². The van der Waals surface area contributed by atoms with E-state index in [0.717, 1.165) is 0 Å². The number of carbonyl (C=O) groups excluding carboxylic acids is 9. The number of aromatic hydroxyl groups is 1. The molecule has 0 aliphatic rings. The summed E-state index contributed by atoms with van der Waals surface area (Å²) in [5, 5.41) is 63.1. The molecule has 2 rings (SSSR count). The van der Waals surface area contributed by atoms with Crippen LogP contribution in [0.5, 0.6) is 5.75 Å². The number of unbranched alkanes of at least 4 members (excludes halogenated alkanes) is 2. The number of rotatable bonds is 41. The Bertz CT molecular complexity index is 2560. The predicted octanol–water partition coefficient (Wildman–Crippen LogP) is -0.528. The van der Waals surface area contributed by atoms with Crippen molar-refractivity contribution >= 4 is 65.1 Å². The second-order valence-electron chi connectivity index (χ2n) is 23.0. The summed E-state index contributed by atoms with van der Waals surface area (Å²) in [7, 11) is 0. The van der Waals surface area contributed by atoms with Crippen molar-refractivity contribution < 1.29 is 73.2 Å². The molecule has 2 aromatic rings. The molecule has 9 amide bonds. The van der Waals surface area contributed by atoms with Crippen LogP contribution in [0.25, 0.3) is 0 Å². The first kappa shape index (κ1) is 75.3. The Kier molecular flexibility index (Phi) is 33.9. The molecule has 27 nitrogen and oxygen atoms in total. The van der Waals surface area contributed by atoms with Gasteiger partial charge in [-0.3, -0.25) is 47.9 Å². The fourth-order valence-electron chi connectivity index (χ4n) is 9.10. The number of carbonyl (C=O) groups is 11. The summed E-state index contributed by atoms with van der Waals surface area (Å²) in [6, 6.07) is 0.523. The van der Waals surface area contributed by atoms with Gasteiger partial charge in [0.2, 0.25) is 53.2 Å². The van der Waals surface area contributed by atoms with Crippen molar-refractivity contribution in [2.45, 2.75) is 193 Å². The number of phenols is 1.